The molecule has 0 radical (unpaired) electrons. The highest BCUT2D eigenvalue weighted by atomic mass is 16.2. The van der Waals surface area contributed by atoms with Crippen molar-refractivity contribution in [3.63, 3.8) is 0 Å². The van der Waals surface area contributed by atoms with Gasteiger partial charge in [-0.2, -0.15) is 0 Å². The van der Waals surface area contributed by atoms with Crippen molar-refractivity contribution in [2.45, 2.75) is 6.42 Å². The van der Waals surface area contributed by atoms with Crippen LogP contribution < -0.4 is 10.6 Å². The van der Waals surface area contributed by atoms with Gasteiger partial charge in [-0.1, -0.05) is 30.3 Å². The molecule has 15 heavy (non-hydrogen) atoms. The van der Waals surface area contributed by atoms with E-state index in [4.69, 9.17) is 0 Å². The predicted molar refractivity (Wildman–Crippen MR) is 55.2 cm³/mol. The second-order valence-electron chi connectivity index (χ2n) is 3.59. The maximum Gasteiger partial charge on any atom is 0.321 e. The first-order chi connectivity index (χ1) is 7.25. The predicted octanol–water partition coefficient (Wildman–Crippen LogP) is 0.685. The van der Waals surface area contributed by atoms with Crippen LogP contribution in [0.5, 0.6) is 0 Å². The van der Waals surface area contributed by atoms with Crippen LogP contribution in [0.3, 0.4) is 0 Å². The fourth-order valence-corrected chi connectivity index (χ4v) is 1.63. The topological polar surface area (TPSA) is 58.2 Å². The van der Waals surface area contributed by atoms with Gasteiger partial charge in [-0.25, -0.2) is 4.79 Å². The molecule has 0 spiro atoms. The van der Waals surface area contributed by atoms with Gasteiger partial charge in [0.25, 0.3) is 0 Å². The molecule has 78 valence electrons. The van der Waals surface area contributed by atoms with Crippen molar-refractivity contribution in [2.24, 2.45) is 5.92 Å². The molecule has 0 aliphatic carbocycles. The first-order valence-corrected chi connectivity index (χ1v) is 4.88. The van der Waals surface area contributed by atoms with Crippen molar-refractivity contribution in [2.75, 3.05) is 6.54 Å². The summed E-state index contributed by atoms with van der Waals surface area (Å²) in [5.74, 6) is -0.354. The lowest BCUT2D eigenvalue weighted by Gasteiger charge is -2.21. The van der Waals surface area contributed by atoms with E-state index in [1.807, 2.05) is 30.3 Å². The van der Waals surface area contributed by atoms with E-state index in [1.165, 1.54) is 0 Å². The number of amides is 3. The molecule has 1 heterocycles. The van der Waals surface area contributed by atoms with Gasteiger partial charge in [0, 0.05) is 6.54 Å². The Morgan fingerprint density at radius 2 is 1.93 bits per heavy atom. The van der Waals surface area contributed by atoms with Crippen LogP contribution in [0.4, 0.5) is 4.79 Å². The molecule has 1 fully saturated rings. The lowest BCUT2D eigenvalue weighted by molar-refractivity contribution is -0.124. The van der Waals surface area contributed by atoms with Gasteiger partial charge in [-0.05, 0) is 12.0 Å². The Balaban J connectivity index is 2.01. The van der Waals surface area contributed by atoms with Gasteiger partial charge < -0.3 is 5.32 Å². The van der Waals surface area contributed by atoms with Crippen LogP contribution in [0.15, 0.2) is 30.3 Å². The molecule has 1 atom stereocenters. The number of nitrogens with one attached hydrogen (secondary N) is 2. The molecule has 1 saturated heterocycles. The molecule has 1 aromatic rings. The summed E-state index contributed by atoms with van der Waals surface area (Å²) in [5, 5.41) is 4.87. The fourth-order valence-electron chi connectivity index (χ4n) is 1.63. The van der Waals surface area contributed by atoms with E-state index in [0.717, 1.165) is 5.56 Å². The van der Waals surface area contributed by atoms with E-state index in [-0.39, 0.29) is 11.8 Å². The Bertz CT molecular complexity index is 375. The van der Waals surface area contributed by atoms with E-state index in [9.17, 15) is 9.59 Å². The highest BCUT2D eigenvalue weighted by Gasteiger charge is 2.25. The summed E-state index contributed by atoms with van der Waals surface area (Å²) in [4.78, 5) is 22.3. The van der Waals surface area contributed by atoms with E-state index in [0.29, 0.717) is 13.0 Å². The van der Waals surface area contributed by atoms with Gasteiger partial charge in [-0.3, -0.25) is 10.1 Å². The Morgan fingerprint density at radius 1 is 1.20 bits per heavy atom. The van der Waals surface area contributed by atoms with Gasteiger partial charge in [0.2, 0.25) is 5.91 Å². The number of rotatable bonds is 2. The minimum absolute atomic E-state index is 0.162. The number of hydrogen-bond donors (Lipinski definition) is 2. The first-order valence-electron chi connectivity index (χ1n) is 4.88. The van der Waals surface area contributed by atoms with Crippen LogP contribution in [0.1, 0.15) is 5.56 Å². The molecule has 1 aliphatic rings. The zero-order valence-electron chi connectivity index (χ0n) is 8.19. The molecule has 3 amide bonds. The zero-order chi connectivity index (χ0) is 10.7. The van der Waals surface area contributed by atoms with Crippen LogP contribution in [-0.2, 0) is 11.2 Å². The average molecular weight is 204 g/mol. The van der Waals surface area contributed by atoms with Gasteiger partial charge in [0.15, 0.2) is 0 Å². The number of imide groups is 1. The standard InChI is InChI=1S/C11H12N2O2/c14-10-9(7-12-11(15)13-10)6-8-4-2-1-3-5-8/h1-5,9H,6-7H2,(H2,12,13,14,15). The minimum Gasteiger partial charge on any atom is -0.337 e. The van der Waals surface area contributed by atoms with Crippen LogP contribution in [0.25, 0.3) is 0 Å². The number of urea groups is 1. The number of carbonyl (C=O) groups is 2. The van der Waals surface area contributed by atoms with Crippen LogP contribution in [-0.4, -0.2) is 18.5 Å². The zero-order valence-corrected chi connectivity index (χ0v) is 8.19. The maximum atomic E-state index is 11.4. The van der Waals surface area contributed by atoms with Crippen molar-refractivity contribution in [1.82, 2.24) is 10.6 Å². The first kappa shape index (κ1) is 9.71. The smallest absolute Gasteiger partial charge is 0.321 e. The third-order valence-electron chi connectivity index (χ3n) is 2.44. The highest BCUT2D eigenvalue weighted by molar-refractivity contribution is 5.98. The number of benzene rings is 1. The summed E-state index contributed by atoms with van der Waals surface area (Å²) in [6.45, 7) is 0.416. The minimum atomic E-state index is -0.399. The molecule has 0 aromatic heterocycles. The molecule has 4 heteroatoms. The second-order valence-corrected chi connectivity index (χ2v) is 3.59. The lowest BCUT2D eigenvalue weighted by atomic mass is 9.97. The molecular weight excluding hydrogens is 192 g/mol. The number of carbonyl (C=O) groups excluding carboxylic acids is 2. The van der Waals surface area contributed by atoms with Crippen molar-refractivity contribution < 1.29 is 9.59 Å². The summed E-state index contributed by atoms with van der Waals surface area (Å²) in [6.07, 6.45) is 0.660. The summed E-state index contributed by atoms with van der Waals surface area (Å²) in [5.41, 5.74) is 1.11. The number of hydrogen-bond acceptors (Lipinski definition) is 2. The molecule has 0 saturated carbocycles. The summed E-state index contributed by atoms with van der Waals surface area (Å²) in [6, 6.07) is 9.37. The van der Waals surface area contributed by atoms with Crippen molar-refractivity contribution in [3.8, 4) is 0 Å². The molecule has 0 bridgehead atoms. The van der Waals surface area contributed by atoms with E-state index >= 15 is 0 Å². The van der Waals surface area contributed by atoms with Gasteiger partial charge in [0.05, 0.1) is 5.92 Å². The lowest BCUT2D eigenvalue weighted by Crippen LogP contribution is -2.52. The third-order valence-corrected chi connectivity index (χ3v) is 2.44. The van der Waals surface area contributed by atoms with Crippen molar-refractivity contribution in [3.05, 3.63) is 35.9 Å². The second kappa shape index (κ2) is 4.13. The molecule has 1 aromatic carbocycles. The monoisotopic (exact) mass is 204 g/mol. The van der Waals surface area contributed by atoms with Gasteiger partial charge >= 0.3 is 6.03 Å². The van der Waals surface area contributed by atoms with Crippen LogP contribution in [0.2, 0.25) is 0 Å². The summed E-state index contributed by atoms with van der Waals surface area (Å²) < 4.78 is 0. The molecule has 2 N–H and O–H groups in total. The highest BCUT2D eigenvalue weighted by Crippen LogP contribution is 2.10. The van der Waals surface area contributed by atoms with E-state index in [2.05, 4.69) is 10.6 Å². The normalized spacial score (nSPS) is 20.7. The molecular formula is C11H12N2O2. The Morgan fingerprint density at radius 3 is 2.60 bits per heavy atom. The Labute approximate surface area is 87.7 Å². The summed E-state index contributed by atoms with van der Waals surface area (Å²) >= 11 is 0. The molecule has 1 unspecified atom stereocenters. The fraction of sp³-hybridized carbons (Fsp3) is 0.273. The maximum absolute atomic E-state index is 11.4. The largest absolute Gasteiger partial charge is 0.337 e. The molecule has 2 rings (SSSR count). The summed E-state index contributed by atoms with van der Waals surface area (Å²) in [7, 11) is 0. The average Bonchev–Trinajstić information content (AvgIpc) is 2.24. The van der Waals surface area contributed by atoms with Gasteiger partial charge in [-0.15, -0.1) is 0 Å². The van der Waals surface area contributed by atoms with Crippen LogP contribution in [0, 0.1) is 5.92 Å². The molecule has 4 nitrogen and oxygen atoms in total. The Kier molecular flexibility index (Phi) is 2.67. The van der Waals surface area contributed by atoms with Crippen LogP contribution >= 0.6 is 0 Å². The SMILES string of the molecule is O=C1NCC(Cc2ccccc2)C(=O)N1. The van der Waals surface area contributed by atoms with E-state index < -0.39 is 6.03 Å². The quantitative estimate of drug-likeness (QED) is 0.744. The van der Waals surface area contributed by atoms with Crippen molar-refractivity contribution in [1.29, 1.82) is 0 Å². The van der Waals surface area contributed by atoms with E-state index in [1.54, 1.807) is 0 Å². The molecule has 1 aliphatic heterocycles. The van der Waals surface area contributed by atoms with Crippen molar-refractivity contribution >= 4 is 11.9 Å². The Hall–Kier alpha value is -1.84. The van der Waals surface area contributed by atoms with Gasteiger partial charge in [0.1, 0.15) is 0 Å². The third kappa shape index (κ3) is 2.34.